The van der Waals surface area contributed by atoms with Gasteiger partial charge in [-0.05, 0) is 48.9 Å². The van der Waals surface area contributed by atoms with E-state index in [9.17, 15) is 14.7 Å². The predicted molar refractivity (Wildman–Crippen MR) is 70.7 cm³/mol. The molecule has 1 saturated heterocycles. The van der Waals surface area contributed by atoms with Gasteiger partial charge in [0.25, 0.3) is 5.24 Å². The molecule has 2 N–H and O–H groups in total. The molecule has 96 valence electrons. The summed E-state index contributed by atoms with van der Waals surface area (Å²) in [6.07, 6.45) is 4.91. The Morgan fingerprint density at radius 1 is 1.11 bits per heavy atom. The number of aryl methyl sites for hydroxylation is 2. The van der Waals surface area contributed by atoms with Gasteiger partial charge in [0.2, 0.25) is 5.91 Å². The number of amides is 2. The zero-order valence-electron chi connectivity index (χ0n) is 9.94. The first-order chi connectivity index (χ1) is 8.65. The van der Waals surface area contributed by atoms with Gasteiger partial charge in [0.1, 0.15) is 5.75 Å². The van der Waals surface area contributed by atoms with Crippen LogP contribution >= 0.6 is 11.8 Å². The van der Waals surface area contributed by atoms with E-state index in [1.54, 1.807) is 6.07 Å². The Hall–Kier alpha value is -1.49. The molecule has 1 heterocycles. The Bertz CT molecular complexity index is 459. The molecule has 0 bridgehead atoms. The van der Waals surface area contributed by atoms with Crippen molar-refractivity contribution >= 4 is 22.9 Å². The Balaban J connectivity index is 0.000000149. The lowest BCUT2D eigenvalue weighted by Gasteiger charge is -2.14. The first kappa shape index (κ1) is 13.0. The van der Waals surface area contributed by atoms with Gasteiger partial charge in [-0.25, -0.2) is 0 Å². The minimum atomic E-state index is -0.231. The van der Waals surface area contributed by atoms with E-state index in [1.807, 2.05) is 12.1 Å². The summed E-state index contributed by atoms with van der Waals surface area (Å²) in [5.74, 6) is 0.513. The number of carbonyl (C=O) groups excluding carboxylic acids is 2. The number of carbonyl (C=O) groups is 2. The number of nitrogens with one attached hydrogen (secondary N) is 1. The lowest BCUT2D eigenvalue weighted by Crippen LogP contribution is -2.18. The van der Waals surface area contributed by atoms with Crippen molar-refractivity contribution in [2.45, 2.75) is 25.7 Å². The number of phenols is 1. The van der Waals surface area contributed by atoms with Crippen LogP contribution in [0.1, 0.15) is 24.0 Å². The van der Waals surface area contributed by atoms with Crippen LogP contribution in [0.5, 0.6) is 5.75 Å². The summed E-state index contributed by atoms with van der Waals surface area (Å²) >= 11 is 1.01. The maximum Gasteiger partial charge on any atom is 0.286 e. The SMILES string of the molecule is O=C1CSC(=O)N1.Oc1ccc2c(c1)CCCC2. The summed E-state index contributed by atoms with van der Waals surface area (Å²) in [5, 5.41) is 11.1. The molecule has 0 saturated carbocycles. The molecule has 0 unspecified atom stereocenters. The van der Waals surface area contributed by atoms with Gasteiger partial charge in [0.15, 0.2) is 0 Å². The molecule has 1 aliphatic heterocycles. The third-order valence-electron chi connectivity index (χ3n) is 2.91. The van der Waals surface area contributed by atoms with Crippen molar-refractivity contribution < 1.29 is 14.7 Å². The normalized spacial score (nSPS) is 17.6. The Labute approximate surface area is 110 Å². The molecule has 0 aromatic heterocycles. The first-order valence-electron chi connectivity index (χ1n) is 5.92. The molecule has 4 nitrogen and oxygen atoms in total. The van der Waals surface area contributed by atoms with Gasteiger partial charge in [-0.1, -0.05) is 17.8 Å². The molecular formula is C13H15NO3S. The topological polar surface area (TPSA) is 66.4 Å². The lowest BCUT2D eigenvalue weighted by atomic mass is 9.92. The van der Waals surface area contributed by atoms with Gasteiger partial charge in [-0.15, -0.1) is 0 Å². The van der Waals surface area contributed by atoms with E-state index >= 15 is 0 Å². The highest BCUT2D eigenvalue weighted by molar-refractivity contribution is 8.14. The van der Waals surface area contributed by atoms with E-state index in [1.165, 1.54) is 30.4 Å². The Kier molecular flexibility index (Phi) is 4.25. The third kappa shape index (κ3) is 3.50. The number of hydrogen-bond acceptors (Lipinski definition) is 4. The van der Waals surface area contributed by atoms with Crippen LogP contribution in [0.2, 0.25) is 0 Å². The average Bonchev–Trinajstić information content (AvgIpc) is 2.74. The van der Waals surface area contributed by atoms with Crippen LogP contribution in [0.25, 0.3) is 0 Å². The minimum Gasteiger partial charge on any atom is -0.508 e. The Morgan fingerprint density at radius 3 is 2.39 bits per heavy atom. The number of imide groups is 1. The van der Waals surface area contributed by atoms with Gasteiger partial charge in [-0.2, -0.15) is 0 Å². The van der Waals surface area contributed by atoms with Crippen molar-refractivity contribution in [3.05, 3.63) is 29.3 Å². The molecule has 1 aliphatic carbocycles. The number of phenolic OH excluding ortho intramolecular Hbond substituents is 1. The van der Waals surface area contributed by atoms with E-state index in [4.69, 9.17) is 0 Å². The van der Waals surface area contributed by atoms with Crippen LogP contribution < -0.4 is 5.32 Å². The highest BCUT2D eigenvalue weighted by atomic mass is 32.2. The largest absolute Gasteiger partial charge is 0.508 e. The third-order valence-corrected chi connectivity index (χ3v) is 3.68. The molecule has 1 fully saturated rings. The predicted octanol–water partition coefficient (Wildman–Crippen LogP) is 2.24. The molecule has 0 spiro atoms. The number of hydrogen-bond donors (Lipinski definition) is 2. The lowest BCUT2D eigenvalue weighted by molar-refractivity contribution is -0.117. The van der Waals surface area contributed by atoms with E-state index in [0.29, 0.717) is 11.5 Å². The molecular weight excluding hydrogens is 250 g/mol. The Morgan fingerprint density at radius 2 is 1.83 bits per heavy atom. The van der Waals surface area contributed by atoms with Crippen molar-refractivity contribution in [1.82, 2.24) is 5.32 Å². The summed E-state index contributed by atoms with van der Waals surface area (Å²) < 4.78 is 0. The number of benzene rings is 1. The number of rotatable bonds is 0. The van der Waals surface area contributed by atoms with Crippen LogP contribution in [0, 0.1) is 0 Å². The van der Waals surface area contributed by atoms with Gasteiger partial charge in [0, 0.05) is 0 Å². The van der Waals surface area contributed by atoms with Crippen LogP contribution in [0.4, 0.5) is 4.79 Å². The molecule has 0 atom stereocenters. The van der Waals surface area contributed by atoms with Crippen molar-refractivity contribution in [1.29, 1.82) is 0 Å². The van der Waals surface area contributed by atoms with Crippen molar-refractivity contribution in [2.75, 3.05) is 5.75 Å². The smallest absolute Gasteiger partial charge is 0.286 e. The van der Waals surface area contributed by atoms with Crippen molar-refractivity contribution in [2.24, 2.45) is 0 Å². The molecule has 18 heavy (non-hydrogen) atoms. The van der Waals surface area contributed by atoms with E-state index in [2.05, 4.69) is 5.32 Å². The summed E-state index contributed by atoms with van der Waals surface area (Å²) in [4.78, 5) is 20.2. The average molecular weight is 265 g/mol. The minimum absolute atomic E-state index is 0.185. The van der Waals surface area contributed by atoms with Gasteiger partial charge in [-0.3, -0.25) is 14.9 Å². The zero-order valence-corrected chi connectivity index (χ0v) is 10.8. The molecule has 2 amide bonds. The number of fused-ring (bicyclic) bond motifs is 1. The molecule has 1 aromatic rings. The number of thioether (sulfide) groups is 1. The first-order valence-corrected chi connectivity index (χ1v) is 6.91. The van der Waals surface area contributed by atoms with Crippen LogP contribution in [-0.4, -0.2) is 22.0 Å². The van der Waals surface area contributed by atoms with Crippen LogP contribution in [0.15, 0.2) is 18.2 Å². The fourth-order valence-corrected chi connectivity index (χ4v) is 2.56. The fraction of sp³-hybridized carbons (Fsp3) is 0.385. The van der Waals surface area contributed by atoms with Crippen molar-refractivity contribution in [3.63, 3.8) is 0 Å². The molecule has 5 heteroatoms. The highest BCUT2D eigenvalue weighted by Crippen LogP contribution is 2.24. The van der Waals surface area contributed by atoms with E-state index in [0.717, 1.165) is 18.2 Å². The standard InChI is InChI=1S/C10H12O.C3H3NO2S/c11-10-6-5-8-3-1-2-4-9(8)7-10;5-2-1-7-3(6)4-2/h5-7,11H,1-4H2;1H2,(H,4,5,6). The van der Waals surface area contributed by atoms with Gasteiger partial charge < -0.3 is 5.11 Å². The second kappa shape index (κ2) is 5.91. The highest BCUT2D eigenvalue weighted by Gasteiger charge is 2.16. The maximum absolute atomic E-state index is 10.1. The summed E-state index contributed by atoms with van der Waals surface area (Å²) in [5.41, 5.74) is 2.77. The van der Waals surface area contributed by atoms with Crippen LogP contribution in [-0.2, 0) is 17.6 Å². The monoisotopic (exact) mass is 265 g/mol. The molecule has 0 radical (unpaired) electrons. The molecule has 1 aromatic carbocycles. The van der Waals surface area contributed by atoms with Crippen LogP contribution in [0.3, 0.4) is 0 Å². The summed E-state index contributed by atoms with van der Waals surface area (Å²) in [7, 11) is 0. The summed E-state index contributed by atoms with van der Waals surface area (Å²) in [6, 6.07) is 5.72. The van der Waals surface area contributed by atoms with Gasteiger partial charge in [0.05, 0.1) is 5.75 Å². The molecule has 2 aliphatic rings. The van der Waals surface area contributed by atoms with Crippen molar-refractivity contribution in [3.8, 4) is 5.75 Å². The molecule has 3 rings (SSSR count). The second-order valence-corrected chi connectivity index (χ2v) is 5.23. The van der Waals surface area contributed by atoms with E-state index < -0.39 is 0 Å². The number of aromatic hydroxyl groups is 1. The quantitative estimate of drug-likeness (QED) is 0.755. The maximum atomic E-state index is 10.1. The summed E-state index contributed by atoms with van der Waals surface area (Å²) in [6.45, 7) is 0. The van der Waals surface area contributed by atoms with Gasteiger partial charge >= 0.3 is 0 Å². The van der Waals surface area contributed by atoms with E-state index in [-0.39, 0.29) is 11.1 Å². The zero-order chi connectivity index (χ0) is 13.0. The second-order valence-electron chi connectivity index (χ2n) is 4.28. The fourth-order valence-electron chi connectivity index (χ4n) is 2.04.